The lowest BCUT2D eigenvalue weighted by atomic mass is 10.1. The summed E-state index contributed by atoms with van der Waals surface area (Å²) < 4.78 is 0. The first-order valence-electron chi connectivity index (χ1n) is 7.01. The van der Waals surface area contributed by atoms with E-state index in [9.17, 15) is 0 Å². The first-order chi connectivity index (χ1) is 8.74. The normalized spacial score (nSPS) is 14.8. The summed E-state index contributed by atoms with van der Waals surface area (Å²) in [5.41, 5.74) is 2.65. The van der Waals surface area contributed by atoms with Gasteiger partial charge in [0, 0.05) is 36.4 Å². The van der Waals surface area contributed by atoms with Crippen LogP contribution in [0.3, 0.4) is 0 Å². The van der Waals surface area contributed by atoms with E-state index in [0.29, 0.717) is 0 Å². The lowest BCUT2D eigenvalue weighted by Gasteiger charge is -2.25. The van der Waals surface area contributed by atoms with Gasteiger partial charge in [-0.25, -0.2) is 0 Å². The van der Waals surface area contributed by atoms with Crippen LogP contribution in [0.4, 0.5) is 5.69 Å². The average molecular weight is 267 g/mol. The zero-order valence-electron chi connectivity index (χ0n) is 11.4. The molecule has 0 amide bonds. The van der Waals surface area contributed by atoms with Crippen LogP contribution in [0.1, 0.15) is 38.7 Å². The summed E-state index contributed by atoms with van der Waals surface area (Å²) in [4.78, 5) is 2.43. The molecule has 1 aliphatic carbocycles. The molecule has 1 aromatic rings. The number of halogens is 1. The van der Waals surface area contributed by atoms with Gasteiger partial charge in [0.25, 0.3) is 0 Å². The lowest BCUT2D eigenvalue weighted by molar-refractivity contribution is 0.682. The molecule has 3 heteroatoms. The smallest absolute Gasteiger partial charge is 0.0412 e. The van der Waals surface area contributed by atoms with Gasteiger partial charge in [-0.05, 0) is 49.9 Å². The Morgan fingerprint density at radius 2 is 2.11 bits per heavy atom. The molecule has 0 unspecified atom stereocenters. The highest BCUT2D eigenvalue weighted by molar-refractivity contribution is 6.30. The van der Waals surface area contributed by atoms with Crippen LogP contribution >= 0.6 is 11.6 Å². The van der Waals surface area contributed by atoms with Gasteiger partial charge in [0.05, 0.1) is 0 Å². The van der Waals surface area contributed by atoms with Gasteiger partial charge in [-0.3, -0.25) is 0 Å². The zero-order chi connectivity index (χ0) is 13.0. The van der Waals surface area contributed by atoms with Gasteiger partial charge in [-0.1, -0.05) is 18.5 Å². The van der Waals surface area contributed by atoms with Gasteiger partial charge in [0.1, 0.15) is 0 Å². The monoisotopic (exact) mass is 266 g/mol. The largest absolute Gasteiger partial charge is 0.372 e. The first kappa shape index (κ1) is 13.7. The van der Waals surface area contributed by atoms with Crippen molar-refractivity contribution in [1.82, 2.24) is 5.32 Å². The molecule has 2 nitrogen and oxygen atoms in total. The molecular weight excluding hydrogens is 244 g/mol. The molecule has 1 fully saturated rings. The average Bonchev–Trinajstić information content (AvgIpc) is 3.18. The third-order valence-electron chi connectivity index (χ3n) is 3.42. The van der Waals surface area contributed by atoms with Crippen LogP contribution in [0.5, 0.6) is 0 Å². The summed E-state index contributed by atoms with van der Waals surface area (Å²) in [6.07, 6.45) is 3.82. The SMILES string of the molecule is CCCN(CC)c1ccc(Cl)cc1CNC1CC1. The molecule has 0 heterocycles. The minimum atomic E-state index is 0.734. The van der Waals surface area contributed by atoms with Crippen molar-refractivity contribution >= 4 is 17.3 Å². The minimum Gasteiger partial charge on any atom is -0.372 e. The van der Waals surface area contributed by atoms with E-state index < -0.39 is 0 Å². The van der Waals surface area contributed by atoms with Gasteiger partial charge >= 0.3 is 0 Å². The lowest BCUT2D eigenvalue weighted by Crippen LogP contribution is -2.26. The third kappa shape index (κ3) is 3.63. The Kier molecular flexibility index (Phi) is 4.90. The molecule has 0 bridgehead atoms. The molecule has 0 aromatic heterocycles. The second-order valence-corrected chi connectivity index (χ2v) is 5.44. The van der Waals surface area contributed by atoms with Crippen molar-refractivity contribution < 1.29 is 0 Å². The van der Waals surface area contributed by atoms with Gasteiger partial charge in [0.15, 0.2) is 0 Å². The molecule has 0 aliphatic heterocycles. The van der Waals surface area contributed by atoms with Crippen LogP contribution in [-0.4, -0.2) is 19.1 Å². The van der Waals surface area contributed by atoms with E-state index in [4.69, 9.17) is 11.6 Å². The van der Waals surface area contributed by atoms with Gasteiger partial charge < -0.3 is 10.2 Å². The number of hydrogen-bond acceptors (Lipinski definition) is 2. The quantitative estimate of drug-likeness (QED) is 0.807. The second-order valence-electron chi connectivity index (χ2n) is 5.01. The standard InChI is InChI=1S/C15H23ClN2/c1-3-9-18(4-2)15-8-5-13(16)10-12(15)11-17-14-6-7-14/h5,8,10,14,17H,3-4,6-7,9,11H2,1-2H3. The van der Waals surface area contributed by atoms with E-state index in [-0.39, 0.29) is 0 Å². The summed E-state index contributed by atoms with van der Waals surface area (Å²) in [5.74, 6) is 0. The van der Waals surface area contributed by atoms with Crippen LogP contribution in [0, 0.1) is 0 Å². The molecule has 1 saturated carbocycles. The summed E-state index contributed by atoms with van der Waals surface area (Å²) in [5, 5.41) is 4.41. The summed E-state index contributed by atoms with van der Waals surface area (Å²) in [7, 11) is 0. The van der Waals surface area contributed by atoms with Crippen LogP contribution in [0.25, 0.3) is 0 Å². The van der Waals surface area contributed by atoms with Crippen molar-refractivity contribution in [3.05, 3.63) is 28.8 Å². The molecule has 100 valence electrons. The molecule has 1 aromatic carbocycles. The number of benzene rings is 1. The molecule has 1 N–H and O–H groups in total. The summed E-state index contributed by atoms with van der Waals surface area (Å²) in [6.45, 7) is 7.52. The highest BCUT2D eigenvalue weighted by atomic mass is 35.5. The minimum absolute atomic E-state index is 0.734. The van der Waals surface area contributed by atoms with Crippen molar-refractivity contribution in [3.8, 4) is 0 Å². The number of nitrogens with zero attached hydrogens (tertiary/aromatic N) is 1. The molecule has 0 atom stereocenters. The van der Waals surface area contributed by atoms with Gasteiger partial charge in [-0.15, -0.1) is 0 Å². The molecule has 2 rings (SSSR count). The third-order valence-corrected chi connectivity index (χ3v) is 3.65. The topological polar surface area (TPSA) is 15.3 Å². The Labute approximate surface area is 115 Å². The molecule has 1 aliphatic rings. The summed E-state index contributed by atoms with van der Waals surface area (Å²) >= 11 is 6.13. The van der Waals surface area contributed by atoms with Crippen molar-refractivity contribution in [2.45, 2.75) is 45.7 Å². The fourth-order valence-electron chi connectivity index (χ4n) is 2.26. The molecule has 0 radical (unpaired) electrons. The molecule has 0 saturated heterocycles. The number of anilines is 1. The summed E-state index contributed by atoms with van der Waals surface area (Å²) in [6, 6.07) is 6.99. The predicted molar refractivity (Wildman–Crippen MR) is 79.5 cm³/mol. The highest BCUT2D eigenvalue weighted by Crippen LogP contribution is 2.26. The highest BCUT2D eigenvalue weighted by Gasteiger charge is 2.21. The Balaban J connectivity index is 2.14. The van der Waals surface area contributed by atoms with E-state index in [1.54, 1.807) is 0 Å². The van der Waals surface area contributed by atoms with Crippen molar-refractivity contribution in [2.24, 2.45) is 0 Å². The Hall–Kier alpha value is -0.730. The van der Waals surface area contributed by atoms with E-state index in [2.05, 4.69) is 36.2 Å². The second kappa shape index (κ2) is 6.44. The van der Waals surface area contributed by atoms with Crippen LogP contribution in [-0.2, 0) is 6.54 Å². The first-order valence-corrected chi connectivity index (χ1v) is 7.39. The maximum atomic E-state index is 6.13. The van der Waals surface area contributed by atoms with Gasteiger partial charge in [0.2, 0.25) is 0 Å². The fraction of sp³-hybridized carbons (Fsp3) is 0.600. The number of rotatable bonds is 7. The number of nitrogens with one attached hydrogen (secondary N) is 1. The predicted octanol–water partition coefficient (Wildman–Crippen LogP) is 3.83. The maximum Gasteiger partial charge on any atom is 0.0412 e. The van der Waals surface area contributed by atoms with Crippen molar-refractivity contribution in [2.75, 3.05) is 18.0 Å². The van der Waals surface area contributed by atoms with Crippen molar-refractivity contribution in [1.29, 1.82) is 0 Å². The Bertz CT molecular complexity index is 388. The zero-order valence-corrected chi connectivity index (χ0v) is 12.1. The Morgan fingerprint density at radius 1 is 1.33 bits per heavy atom. The van der Waals surface area contributed by atoms with E-state index in [1.807, 2.05) is 6.07 Å². The van der Waals surface area contributed by atoms with E-state index in [0.717, 1.165) is 30.7 Å². The maximum absolute atomic E-state index is 6.13. The van der Waals surface area contributed by atoms with Crippen LogP contribution < -0.4 is 10.2 Å². The molecule has 18 heavy (non-hydrogen) atoms. The van der Waals surface area contributed by atoms with Crippen molar-refractivity contribution in [3.63, 3.8) is 0 Å². The fourth-order valence-corrected chi connectivity index (χ4v) is 2.46. The van der Waals surface area contributed by atoms with Crippen LogP contribution in [0.15, 0.2) is 18.2 Å². The molecule has 0 spiro atoms. The van der Waals surface area contributed by atoms with Crippen LogP contribution in [0.2, 0.25) is 5.02 Å². The number of hydrogen-bond donors (Lipinski definition) is 1. The van der Waals surface area contributed by atoms with E-state index >= 15 is 0 Å². The molecular formula is C15H23ClN2. The van der Waals surface area contributed by atoms with E-state index in [1.165, 1.54) is 30.5 Å². The van der Waals surface area contributed by atoms with Gasteiger partial charge in [-0.2, -0.15) is 0 Å². The Morgan fingerprint density at radius 3 is 2.72 bits per heavy atom.